The predicted molar refractivity (Wildman–Crippen MR) is 117 cm³/mol. The Morgan fingerprint density at radius 2 is 1.90 bits per heavy atom. The standard InChI is InChI=1S/C20H20N4O3S2/c25-19(8-13-28-16-4-2-1-3-5-16)22-9-11-23(12-10-22)20-21-17-7-6-15(24(26)27)14-18(17)29-20/h1-7,14H,8-13H2. The molecule has 0 N–H and O–H groups in total. The van der Waals surface area contributed by atoms with Crippen LogP contribution in [0.25, 0.3) is 10.2 Å². The van der Waals surface area contributed by atoms with Gasteiger partial charge in [-0.3, -0.25) is 14.9 Å². The van der Waals surface area contributed by atoms with Gasteiger partial charge in [-0.05, 0) is 18.2 Å². The summed E-state index contributed by atoms with van der Waals surface area (Å²) in [6, 6.07) is 14.9. The van der Waals surface area contributed by atoms with Crippen molar-refractivity contribution in [2.24, 2.45) is 0 Å². The first-order valence-electron chi connectivity index (χ1n) is 9.36. The number of nitro groups is 1. The topological polar surface area (TPSA) is 79.6 Å². The maximum absolute atomic E-state index is 12.5. The first kappa shape index (κ1) is 19.7. The number of thioether (sulfide) groups is 1. The summed E-state index contributed by atoms with van der Waals surface area (Å²) in [7, 11) is 0. The highest BCUT2D eigenvalue weighted by atomic mass is 32.2. The first-order chi connectivity index (χ1) is 14.1. The zero-order valence-electron chi connectivity index (χ0n) is 15.7. The smallest absolute Gasteiger partial charge is 0.270 e. The van der Waals surface area contributed by atoms with Gasteiger partial charge >= 0.3 is 0 Å². The van der Waals surface area contributed by atoms with E-state index in [1.165, 1.54) is 22.3 Å². The van der Waals surface area contributed by atoms with E-state index in [1.807, 2.05) is 23.1 Å². The monoisotopic (exact) mass is 428 g/mol. The van der Waals surface area contributed by atoms with Crippen molar-refractivity contribution in [2.75, 3.05) is 36.8 Å². The van der Waals surface area contributed by atoms with Crippen LogP contribution in [0.15, 0.2) is 53.4 Å². The third-order valence-corrected chi connectivity index (χ3v) is 6.90. The van der Waals surface area contributed by atoms with E-state index >= 15 is 0 Å². The van der Waals surface area contributed by atoms with Gasteiger partial charge in [-0.25, -0.2) is 4.98 Å². The molecule has 0 radical (unpaired) electrons. The number of benzene rings is 2. The second-order valence-corrected chi connectivity index (χ2v) is 8.86. The summed E-state index contributed by atoms with van der Waals surface area (Å²) in [4.78, 5) is 32.9. The van der Waals surface area contributed by atoms with E-state index in [9.17, 15) is 14.9 Å². The Balaban J connectivity index is 1.30. The van der Waals surface area contributed by atoms with Crippen molar-refractivity contribution in [1.29, 1.82) is 0 Å². The van der Waals surface area contributed by atoms with Crippen molar-refractivity contribution in [2.45, 2.75) is 11.3 Å². The number of thiazole rings is 1. The van der Waals surface area contributed by atoms with Crippen LogP contribution in [0.4, 0.5) is 10.8 Å². The number of hydrogen-bond acceptors (Lipinski definition) is 7. The Bertz CT molecular complexity index is 1020. The van der Waals surface area contributed by atoms with Crippen molar-refractivity contribution in [3.63, 3.8) is 0 Å². The predicted octanol–water partition coefficient (Wildman–Crippen LogP) is 4.04. The van der Waals surface area contributed by atoms with Crippen LogP contribution in [-0.2, 0) is 4.79 Å². The van der Waals surface area contributed by atoms with Gasteiger partial charge in [-0.2, -0.15) is 0 Å². The molecule has 1 fully saturated rings. The van der Waals surface area contributed by atoms with E-state index in [2.05, 4.69) is 22.0 Å². The van der Waals surface area contributed by atoms with Crippen LogP contribution < -0.4 is 4.90 Å². The van der Waals surface area contributed by atoms with Crippen LogP contribution in [0, 0.1) is 10.1 Å². The molecule has 29 heavy (non-hydrogen) atoms. The van der Waals surface area contributed by atoms with Gasteiger partial charge in [0.15, 0.2) is 5.13 Å². The normalized spacial score (nSPS) is 14.3. The van der Waals surface area contributed by atoms with E-state index in [1.54, 1.807) is 23.9 Å². The average molecular weight is 429 g/mol. The fourth-order valence-corrected chi connectivity index (χ4v) is 5.14. The SMILES string of the molecule is O=C(CCSc1ccccc1)N1CCN(c2nc3ccc([N+](=O)[O-])cc3s2)CC1. The molecule has 1 amide bonds. The number of nitrogens with zero attached hydrogens (tertiary/aromatic N) is 4. The van der Waals surface area contributed by atoms with Crippen LogP contribution in [0.3, 0.4) is 0 Å². The fourth-order valence-electron chi connectivity index (χ4n) is 3.23. The van der Waals surface area contributed by atoms with Crippen molar-refractivity contribution >= 4 is 50.0 Å². The molecule has 7 nitrogen and oxygen atoms in total. The van der Waals surface area contributed by atoms with E-state index in [-0.39, 0.29) is 16.5 Å². The molecule has 0 bridgehead atoms. The number of hydrogen-bond donors (Lipinski definition) is 0. The number of carbonyl (C=O) groups is 1. The number of carbonyl (C=O) groups excluding carboxylic acids is 1. The van der Waals surface area contributed by atoms with Gasteiger partial charge in [-0.15, -0.1) is 11.8 Å². The lowest BCUT2D eigenvalue weighted by Crippen LogP contribution is -2.48. The Hall–Kier alpha value is -2.65. The lowest BCUT2D eigenvalue weighted by Gasteiger charge is -2.34. The molecular formula is C20H20N4O3S2. The maximum Gasteiger partial charge on any atom is 0.270 e. The molecule has 0 atom stereocenters. The molecule has 9 heteroatoms. The minimum absolute atomic E-state index is 0.0801. The number of aromatic nitrogens is 1. The van der Waals surface area contributed by atoms with Gasteiger partial charge < -0.3 is 9.80 Å². The van der Waals surface area contributed by atoms with Crippen LogP contribution in [0.2, 0.25) is 0 Å². The second-order valence-electron chi connectivity index (χ2n) is 6.68. The zero-order valence-corrected chi connectivity index (χ0v) is 17.3. The minimum atomic E-state index is -0.390. The van der Waals surface area contributed by atoms with Gasteiger partial charge in [0, 0.05) is 55.4 Å². The van der Waals surface area contributed by atoms with Crippen molar-refractivity contribution < 1.29 is 9.72 Å². The molecule has 0 unspecified atom stereocenters. The molecule has 1 saturated heterocycles. The summed E-state index contributed by atoms with van der Waals surface area (Å²) in [6.07, 6.45) is 0.532. The summed E-state index contributed by atoms with van der Waals surface area (Å²) in [5.41, 5.74) is 0.850. The average Bonchev–Trinajstić information content (AvgIpc) is 3.18. The molecule has 0 spiro atoms. The number of amides is 1. The highest BCUT2D eigenvalue weighted by Gasteiger charge is 2.23. The highest BCUT2D eigenvalue weighted by Crippen LogP contribution is 2.32. The molecule has 3 aromatic rings. The number of piperazine rings is 1. The van der Waals surface area contributed by atoms with Gasteiger partial charge in [0.1, 0.15) is 0 Å². The fraction of sp³-hybridized carbons (Fsp3) is 0.300. The van der Waals surface area contributed by atoms with Crippen molar-refractivity contribution in [3.8, 4) is 0 Å². The second kappa shape index (κ2) is 8.79. The lowest BCUT2D eigenvalue weighted by molar-refractivity contribution is -0.384. The molecule has 1 aromatic heterocycles. The Labute approximate surface area is 176 Å². The summed E-state index contributed by atoms with van der Waals surface area (Å²) < 4.78 is 0.811. The quantitative estimate of drug-likeness (QED) is 0.335. The largest absolute Gasteiger partial charge is 0.345 e. The Kier molecular flexibility index (Phi) is 5.96. The summed E-state index contributed by atoms with van der Waals surface area (Å²) in [6.45, 7) is 2.79. The number of nitro benzene ring substituents is 1. The zero-order chi connectivity index (χ0) is 20.2. The molecule has 2 heterocycles. The van der Waals surface area contributed by atoms with Crippen LogP contribution >= 0.6 is 23.1 Å². The number of fused-ring (bicyclic) bond motifs is 1. The molecule has 1 aliphatic heterocycles. The molecule has 150 valence electrons. The van der Waals surface area contributed by atoms with E-state index in [4.69, 9.17) is 0 Å². The molecule has 1 aliphatic rings. The molecular weight excluding hydrogens is 408 g/mol. The van der Waals surface area contributed by atoms with Gasteiger partial charge in [0.2, 0.25) is 5.91 Å². The lowest BCUT2D eigenvalue weighted by atomic mass is 10.3. The van der Waals surface area contributed by atoms with Crippen LogP contribution in [0.5, 0.6) is 0 Å². The molecule has 2 aromatic carbocycles. The van der Waals surface area contributed by atoms with Gasteiger partial charge in [-0.1, -0.05) is 29.5 Å². The van der Waals surface area contributed by atoms with Crippen LogP contribution in [-0.4, -0.2) is 52.6 Å². The molecule has 4 rings (SSSR count). The highest BCUT2D eigenvalue weighted by molar-refractivity contribution is 7.99. The third-order valence-electron chi connectivity index (χ3n) is 4.80. The summed E-state index contributed by atoms with van der Waals surface area (Å²) >= 11 is 3.16. The van der Waals surface area contributed by atoms with Gasteiger partial charge in [0.05, 0.1) is 15.1 Å². The Morgan fingerprint density at radius 1 is 1.14 bits per heavy atom. The van der Waals surface area contributed by atoms with E-state index < -0.39 is 0 Å². The van der Waals surface area contributed by atoms with Gasteiger partial charge in [0.25, 0.3) is 5.69 Å². The van der Waals surface area contributed by atoms with E-state index in [0.717, 1.165) is 34.2 Å². The first-order valence-corrected chi connectivity index (χ1v) is 11.2. The maximum atomic E-state index is 12.5. The van der Waals surface area contributed by atoms with Crippen LogP contribution in [0.1, 0.15) is 6.42 Å². The number of anilines is 1. The summed E-state index contributed by atoms with van der Waals surface area (Å²) in [5, 5.41) is 11.8. The minimum Gasteiger partial charge on any atom is -0.345 e. The number of rotatable bonds is 6. The summed E-state index contributed by atoms with van der Waals surface area (Å²) in [5.74, 6) is 0.965. The molecule has 0 aliphatic carbocycles. The van der Waals surface area contributed by atoms with Crippen molar-refractivity contribution in [3.05, 3.63) is 58.6 Å². The molecule has 0 saturated carbocycles. The Morgan fingerprint density at radius 3 is 2.62 bits per heavy atom. The third kappa shape index (κ3) is 4.68. The van der Waals surface area contributed by atoms with E-state index in [0.29, 0.717) is 19.5 Å². The van der Waals surface area contributed by atoms with Crippen molar-refractivity contribution in [1.82, 2.24) is 9.88 Å². The number of non-ortho nitro benzene ring substituents is 1.